The monoisotopic (exact) mass is 485 g/mol. The van der Waals surface area contributed by atoms with E-state index in [0.717, 1.165) is 11.1 Å². The van der Waals surface area contributed by atoms with Gasteiger partial charge in [0.05, 0.1) is 18.2 Å². The maximum atomic E-state index is 13.3. The summed E-state index contributed by atoms with van der Waals surface area (Å²) in [6.07, 6.45) is 0. The zero-order valence-electron chi connectivity index (χ0n) is 20.8. The number of esters is 1. The minimum atomic E-state index is -0.674. The number of carbonyl (C=O) groups is 2. The van der Waals surface area contributed by atoms with Crippen LogP contribution in [0.5, 0.6) is 11.5 Å². The molecular weight excluding hydrogens is 454 g/mol. The van der Waals surface area contributed by atoms with Gasteiger partial charge in [-0.2, -0.15) is 0 Å². The number of nitrogens with one attached hydrogen (secondary N) is 1. The number of urea groups is 1. The predicted octanol–water partition coefficient (Wildman–Crippen LogP) is 5.12. The van der Waals surface area contributed by atoms with Crippen molar-refractivity contribution in [2.45, 2.75) is 19.5 Å². The highest BCUT2D eigenvalue weighted by molar-refractivity contribution is 5.95. The molecule has 186 valence electrons. The number of hydrogen-bond donors (Lipinski definition) is 1. The molecule has 36 heavy (non-hydrogen) atoms. The molecule has 1 unspecified atom stereocenters. The van der Waals surface area contributed by atoms with E-state index in [2.05, 4.69) is 22.3 Å². The zero-order chi connectivity index (χ0) is 25.5. The van der Waals surface area contributed by atoms with Gasteiger partial charge in [-0.05, 0) is 49.4 Å². The van der Waals surface area contributed by atoms with Crippen molar-refractivity contribution in [3.8, 4) is 11.5 Å². The van der Waals surface area contributed by atoms with E-state index in [4.69, 9.17) is 9.47 Å². The number of rotatable bonds is 9. The Morgan fingerprint density at radius 1 is 0.944 bits per heavy atom. The van der Waals surface area contributed by atoms with Crippen LogP contribution in [0.3, 0.4) is 0 Å². The van der Waals surface area contributed by atoms with Crippen LogP contribution in [-0.2, 0) is 16.1 Å². The first-order valence-electron chi connectivity index (χ1n) is 12.0. The van der Waals surface area contributed by atoms with Crippen LogP contribution in [0.4, 0.5) is 4.79 Å². The maximum absolute atomic E-state index is 13.3. The second-order valence-corrected chi connectivity index (χ2v) is 8.67. The number of para-hydroxylation sites is 1. The normalized spacial score (nSPS) is 15.6. The van der Waals surface area contributed by atoms with Crippen LogP contribution < -0.4 is 10.1 Å². The number of amides is 2. The molecule has 1 aliphatic rings. The maximum Gasteiger partial charge on any atom is 0.338 e. The van der Waals surface area contributed by atoms with Crippen molar-refractivity contribution in [2.24, 2.45) is 0 Å². The molecule has 0 aliphatic carbocycles. The summed E-state index contributed by atoms with van der Waals surface area (Å²) in [5, 5.41) is 2.97. The van der Waals surface area contributed by atoms with E-state index in [1.807, 2.05) is 79.8 Å². The third kappa shape index (κ3) is 5.93. The minimum Gasteiger partial charge on any atom is -0.463 e. The summed E-state index contributed by atoms with van der Waals surface area (Å²) in [5.74, 6) is 0.858. The zero-order valence-corrected chi connectivity index (χ0v) is 20.8. The highest BCUT2D eigenvalue weighted by Gasteiger charge is 2.37. The van der Waals surface area contributed by atoms with Gasteiger partial charge in [-0.1, -0.05) is 60.7 Å². The quantitative estimate of drug-likeness (QED) is 0.426. The molecule has 0 saturated carbocycles. The van der Waals surface area contributed by atoms with Crippen molar-refractivity contribution < 1.29 is 19.1 Å². The van der Waals surface area contributed by atoms with E-state index in [1.165, 1.54) is 4.90 Å². The van der Waals surface area contributed by atoms with Crippen LogP contribution in [0.2, 0.25) is 0 Å². The number of benzene rings is 3. The van der Waals surface area contributed by atoms with Gasteiger partial charge < -0.3 is 14.8 Å². The molecule has 1 atom stereocenters. The van der Waals surface area contributed by atoms with Crippen molar-refractivity contribution in [1.82, 2.24) is 15.1 Å². The van der Waals surface area contributed by atoms with Crippen molar-refractivity contribution in [3.63, 3.8) is 0 Å². The molecule has 0 radical (unpaired) electrons. The summed E-state index contributed by atoms with van der Waals surface area (Å²) in [7, 11) is 3.64. The third-order valence-electron chi connectivity index (χ3n) is 5.96. The molecule has 0 aromatic heterocycles. The molecule has 4 rings (SSSR count). The fourth-order valence-corrected chi connectivity index (χ4v) is 4.24. The lowest BCUT2D eigenvalue weighted by Crippen LogP contribution is -2.49. The van der Waals surface area contributed by atoms with Crippen molar-refractivity contribution >= 4 is 12.0 Å². The van der Waals surface area contributed by atoms with Crippen LogP contribution in [-0.4, -0.2) is 49.0 Å². The molecule has 0 fully saturated rings. The summed E-state index contributed by atoms with van der Waals surface area (Å²) in [6, 6.07) is 26.0. The molecule has 1 heterocycles. The molecule has 7 heteroatoms. The fourth-order valence-electron chi connectivity index (χ4n) is 4.24. The molecule has 1 N–H and O–H groups in total. The first kappa shape index (κ1) is 25.0. The molecule has 1 aliphatic heterocycles. The largest absolute Gasteiger partial charge is 0.463 e. The molecule has 3 aromatic rings. The highest BCUT2D eigenvalue weighted by atomic mass is 16.5. The predicted molar refractivity (Wildman–Crippen MR) is 138 cm³/mol. The van der Waals surface area contributed by atoms with Crippen LogP contribution >= 0.6 is 0 Å². The molecule has 7 nitrogen and oxygen atoms in total. The van der Waals surface area contributed by atoms with E-state index < -0.39 is 12.0 Å². The number of ether oxygens (including phenoxy) is 2. The van der Waals surface area contributed by atoms with Gasteiger partial charge in [0, 0.05) is 25.8 Å². The number of carbonyl (C=O) groups excluding carboxylic acids is 2. The Balaban J connectivity index is 1.69. The summed E-state index contributed by atoms with van der Waals surface area (Å²) in [4.78, 5) is 29.8. The van der Waals surface area contributed by atoms with Gasteiger partial charge in [-0.3, -0.25) is 9.80 Å². The first-order chi connectivity index (χ1) is 17.5. The Bertz CT molecular complexity index is 1230. The van der Waals surface area contributed by atoms with Gasteiger partial charge in [0.15, 0.2) is 0 Å². The van der Waals surface area contributed by atoms with Crippen LogP contribution in [0.15, 0.2) is 96.2 Å². The van der Waals surface area contributed by atoms with Gasteiger partial charge in [0.2, 0.25) is 0 Å². The van der Waals surface area contributed by atoms with E-state index in [0.29, 0.717) is 35.9 Å². The van der Waals surface area contributed by atoms with Gasteiger partial charge in [-0.15, -0.1) is 0 Å². The number of likely N-dealkylation sites (N-methyl/N-ethyl adjacent to an activating group) is 2. The molecule has 3 aromatic carbocycles. The van der Waals surface area contributed by atoms with Crippen LogP contribution in [0.25, 0.3) is 0 Å². The Labute approximate surface area is 211 Å². The smallest absolute Gasteiger partial charge is 0.338 e. The molecule has 0 saturated heterocycles. The Kier molecular flexibility index (Phi) is 8.02. The van der Waals surface area contributed by atoms with Crippen molar-refractivity contribution in [3.05, 3.63) is 107 Å². The van der Waals surface area contributed by atoms with Crippen molar-refractivity contribution in [1.29, 1.82) is 0 Å². The molecule has 0 bridgehead atoms. The van der Waals surface area contributed by atoms with E-state index >= 15 is 0 Å². The number of nitrogens with zero attached hydrogens (tertiary/aromatic N) is 2. The second kappa shape index (κ2) is 11.6. The van der Waals surface area contributed by atoms with E-state index in [-0.39, 0.29) is 12.6 Å². The lowest BCUT2D eigenvalue weighted by molar-refractivity contribution is -0.139. The second-order valence-electron chi connectivity index (χ2n) is 8.67. The summed E-state index contributed by atoms with van der Waals surface area (Å²) in [6.45, 7) is 3.07. The summed E-state index contributed by atoms with van der Waals surface area (Å²) in [5.41, 5.74) is 2.89. The fraction of sp³-hybridized carbons (Fsp3) is 0.241. The number of hydrogen-bond acceptors (Lipinski definition) is 5. The van der Waals surface area contributed by atoms with E-state index in [1.54, 1.807) is 14.0 Å². The lowest BCUT2D eigenvalue weighted by Gasteiger charge is -2.36. The molecular formula is C29H31N3O4. The van der Waals surface area contributed by atoms with Gasteiger partial charge in [0.25, 0.3) is 0 Å². The third-order valence-corrected chi connectivity index (χ3v) is 5.96. The van der Waals surface area contributed by atoms with Crippen molar-refractivity contribution in [2.75, 3.05) is 27.2 Å². The lowest BCUT2D eigenvalue weighted by atomic mass is 9.94. The molecule has 0 spiro atoms. The summed E-state index contributed by atoms with van der Waals surface area (Å²) >= 11 is 0. The minimum absolute atomic E-state index is 0.233. The average Bonchev–Trinajstić information content (AvgIpc) is 2.88. The Morgan fingerprint density at radius 2 is 1.61 bits per heavy atom. The standard InChI is InChI=1S/C29H31N3O4/c1-4-35-28(33)26-25(20-31(2)19-21-12-7-5-8-13-21)32(3)29(34)30-27(26)22-14-11-17-24(18-22)36-23-15-9-6-10-16-23/h5-18,27H,4,19-20H2,1-3H3,(H,30,34). The van der Waals surface area contributed by atoms with E-state index in [9.17, 15) is 9.59 Å². The SMILES string of the molecule is CCOC(=O)C1=C(CN(C)Cc2ccccc2)N(C)C(=O)NC1c1cccc(Oc2ccccc2)c1. The van der Waals surface area contributed by atoms with Gasteiger partial charge >= 0.3 is 12.0 Å². The first-order valence-corrected chi connectivity index (χ1v) is 12.0. The Morgan fingerprint density at radius 3 is 2.31 bits per heavy atom. The Hall–Kier alpha value is -4.10. The molecule has 2 amide bonds. The van der Waals surface area contributed by atoms with Crippen LogP contribution in [0, 0.1) is 0 Å². The highest BCUT2D eigenvalue weighted by Crippen LogP contribution is 2.33. The topological polar surface area (TPSA) is 71.1 Å². The van der Waals surface area contributed by atoms with Crippen LogP contribution in [0.1, 0.15) is 24.1 Å². The van der Waals surface area contributed by atoms with Gasteiger partial charge in [0.1, 0.15) is 11.5 Å². The average molecular weight is 486 g/mol. The van der Waals surface area contributed by atoms with Gasteiger partial charge in [-0.25, -0.2) is 9.59 Å². The summed E-state index contributed by atoms with van der Waals surface area (Å²) < 4.78 is 11.4.